The van der Waals surface area contributed by atoms with Gasteiger partial charge in [0, 0.05) is 26.1 Å². The van der Waals surface area contributed by atoms with Gasteiger partial charge in [0.2, 0.25) is 11.8 Å². The van der Waals surface area contributed by atoms with Gasteiger partial charge in [0.1, 0.15) is 11.9 Å². The summed E-state index contributed by atoms with van der Waals surface area (Å²) in [4.78, 5) is 29.2. The van der Waals surface area contributed by atoms with Crippen molar-refractivity contribution in [3.63, 3.8) is 0 Å². The van der Waals surface area contributed by atoms with Gasteiger partial charge < -0.3 is 9.80 Å². The number of amides is 2. The van der Waals surface area contributed by atoms with E-state index in [1.807, 2.05) is 11.0 Å². The van der Waals surface area contributed by atoms with Gasteiger partial charge in [0.15, 0.2) is 0 Å². The predicted molar refractivity (Wildman–Crippen MR) is 99.1 cm³/mol. The van der Waals surface area contributed by atoms with Crippen molar-refractivity contribution < 1.29 is 14.0 Å². The summed E-state index contributed by atoms with van der Waals surface area (Å²) in [6.45, 7) is 4.51. The van der Waals surface area contributed by atoms with Gasteiger partial charge in [0.25, 0.3) is 0 Å². The number of likely N-dealkylation sites (tertiary alicyclic amines) is 2. The lowest BCUT2D eigenvalue weighted by Gasteiger charge is -2.34. The Bertz CT molecular complexity index is 641. The number of carbonyl (C=O) groups excluding carboxylic acids is 2. The van der Waals surface area contributed by atoms with Crippen LogP contribution in [0.1, 0.15) is 51.0 Å². The molecular formula is C21H29FN2O2. The minimum Gasteiger partial charge on any atom is -0.341 e. The predicted octanol–water partition coefficient (Wildman–Crippen LogP) is 3.40. The van der Waals surface area contributed by atoms with E-state index in [1.54, 1.807) is 17.0 Å². The second-order valence-corrected chi connectivity index (χ2v) is 7.70. The van der Waals surface area contributed by atoms with Crippen LogP contribution in [0, 0.1) is 11.7 Å². The number of benzene rings is 1. The third-order valence-electron chi connectivity index (χ3n) is 5.75. The molecule has 5 heteroatoms. The monoisotopic (exact) mass is 360 g/mol. The summed E-state index contributed by atoms with van der Waals surface area (Å²) in [5.74, 6) is 0.617. The minimum absolute atomic E-state index is 0.0302. The Labute approximate surface area is 155 Å². The molecule has 26 heavy (non-hydrogen) atoms. The minimum atomic E-state index is -0.288. The highest BCUT2D eigenvalue weighted by atomic mass is 19.1. The molecule has 2 heterocycles. The first-order valence-electron chi connectivity index (χ1n) is 9.88. The number of carbonyl (C=O) groups is 2. The standard InChI is InChI=1S/C21H29FN2O2/c1-16-11-14-23(15-12-16)21(26)19-9-5-13-24(19)20(25)10-4-7-17-6-2-3-8-18(17)22/h2-3,6,8,16,19H,4-5,7,9-15H2,1H3. The Morgan fingerprint density at radius 1 is 1.12 bits per heavy atom. The number of aryl methyl sites for hydroxylation is 1. The van der Waals surface area contributed by atoms with Gasteiger partial charge in [-0.2, -0.15) is 0 Å². The van der Waals surface area contributed by atoms with E-state index in [0.29, 0.717) is 37.3 Å². The van der Waals surface area contributed by atoms with Gasteiger partial charge in [-0.3, -0.25) is 9.59 Å². The van der Waals surface area contributed by atoms with Crippen LogP contribution in [-0.2, 0) is 16.0 Å². The second kappa shape index (κ2) is 8.65. The van der Waals surface area contributed by atoms with Crippen LogP contribution < -0.4 is 0 Å². The van der Waals surface area contributed by atoms with Crippen LogP contribution in [0.2, 0.25) is 0 Å². The zero-order valence-electron chi connectivity index (χ0n) is 15.6. The van der Waals surface area contributed by atoms with Crippen molar-refractivity contribution in [2.45, 2.75) is 57.9 Å². The second-order valence-electron chi connectivity index (χ2n) is 7.70. The molecule has 1 unspecified atom stereocenters. The van der Waals surface area contributed by atoms with Crippen molar-refractivity contribution in [1.29, 1.82) is 0 Å². The van der Waals surface area contributed by atoms with E-state index in [4.69, 9.17) is 0 Å². The van der Waals surface area contributed by atoms with Crippen LogP contribution in [0.5, 0.6) is 0 Å². The maximum absolute atomic E-state index is 13.7. The lowest BCUT2D eigenvalue weighted by atomic mass is 9.98. The molecule has 0 spiro atoms. The van der Waals surface area contributed by atoms with E-state index in [9.17, 15) is 14.0 Å². The van der Waals surface area contributed by atoms with Crippen molar-refractivity contribution in [3.8, 4) is 0 Å². The summed E-state index contributed by atoms with van der Waals surface area (Å²) < 4.78 is 13.7. The summed E-state index contributed by atoms with van der Waals surface area (Å²) in [5, 5.41) is 0. The van der Waals surface area contributed by atoms with Crippen LogP contribution in [-0.4, -0.2) is 47.3 Å². The summed E-state index contributed by atoms with van der Waals surface area (Å²) in [7, 11) is 0. The molecule has 2 fully saturated rings. The number of nitrogens with zero attached hydrogens (tertiary/aromatic N) is 2. The molecule has 0 aliphatic carbocycles. The average Bonchev–Trinajstić information content (AvgIpc) is 3.13. The van der Waals surface area contributed by atoms with Crippen LogP contribution in [0.3, 0.4) is 0 Å². The van der Waals surface area contributed by atoms with E-state index in [2.05, 4.69) is 6.92 Å². The van der Waals surface area contributed by atoms with Crippen LogP contribution >= 0.6 is 0 Å². The normalized spacial score (nSPS) is 21.2. The number of hydrogen-bond donors (Lipinski definition) is 0. The van der Waals surface area contributed by atoms with Crippen molar-refractivity contribution in [2.75, 3.05) is 19.6 Å². The lowest BCUT2D eigenvalue weighted by molar-refractivity contribution is -0.144. The van der Waals surface area contributed by atoms with E-state index < -0.39 is 0 Å². The molecule has 0 bridgehead atoms. The van der Waals surface area contributed by atoms with Gasteiger partial charge >= 0.3 is 0 Å². The molecular weight excluding hydrogens is 331 g/mol. The number of halogens is 1. The maximum atomic E-state index is 13.7. The van der Waals surface area contributed by atoms with E-state index in [0.717, 1.165) is 38.8 Å². The molecule has 0 saturated carbocycles. The third kappa shape index (κ3) is 4.43. The van der Waals surface area contributed by atoms with Crippen LogP contribution in [0.25, 0.3) is 0 Å². The molecule has 4 nitrogen and oxygen atoms in total. The Hall–Kier alpha value is -1.91. The van der Waals surface area contributed by atoms with Crippen molar-refractivity contribution >= 4 is 11.8 Å². The summed E-state index contributed by atoms with van der Waals surface area (Å²) in [6, 6.07) is 6.41. The SMILES string of the molecule is CC1CCN(C(=O)C2CCCN2C(=O)CCCc2ccccc2F)CC1. The molecule has 2 aliphatic rings. The van der Waals surface area contributed by atoms with E-state index in [-0.39, 0.29) is 23.7 Å². The molecule has 1 aromatic rings. The van der Waals surface area contributed by atoms with E-state index in [1.165, 1.54) is 6.07 Å². The molecule has 2 saturated heterocycles. The van der Waals surface area contributed by atoms with Crippen LogP contribution in [0.15, 0.2) is 24.3 Å². The molecule has 3 rings (SSSR count). The zero-order chi connectivity index (χ0) is 18.5. The van der Waals surface area contributed by atoms with Gasteiger partial charge in [0.05, 0.1) is 0 Å². The molecule has 2 amide bonds. The fourth-order valence-electron chi connectivity index (χ4n) is 4.04. The summed E-state index contributed by atoms with van der Waals surface area (Å²) >= 11 is 0. The van der Waals surface area contributed by atoms with Crippen molar-refractivity contribution in [2.24, 2.45) is 5.92 Å². The highest BCUT2D eigenvalue weighted by Crippen LogP contribution is 2.24. The van der Waals surface area contributed by atoms with Gasteiger partial charge in [-0.05, 0) is 56.1 Å². The molecule has 142 valence electrons. The molecule has 2 aliphatic heterocycles. The Kier molecular flexibility index (Phi) is 6.28. The van der Waals surface area contributed by atoms with Crippen molar-refractivity contribution in [3.05, 3.63) is 35.6 Å². The lowest BCUT2D eigenvalue weighted by Crippen LogP contribution is -2.49. The largest absolute Gasteiger partial charge is 0.341 e. The maximum Gasteiger partial charge on any atom is 0.245 e. The number of piperidine rings is 1. The zero-order valence-corrected chi connectivity index (χ0v) is 15.6. The quantitative estimate of drug-likeness (QED) is 0.807. The van der Waals surface area contributed by atoms with Crippen LogP contribution in [0.4, 0.5) is 4.39 Å². The first-order chi connectivity index (χ1) is 12.6. The molecule has 0 N–H and O–H groups in total. The number of hydrogen-bond acceptors (Lipinski definition) is 2. The average molecular weight is 360 g/mol. The first kappa shape index (κ1) is 18.9. The number of rotatable bonds is 5. The molecule has 1 atom stereocenters. The summed E-state index contributed by atoms with van der Waals surface area (Å²) in [5.41, 5.74) is 0.650. The fraction of sp³-hybridized carbons (Fsp3) is 0.619. The molecule has 0 radical (unpaired) electrons. The Morgan fingerprint density at radius 2 is 1.85 bits per heavy atom. The third-order valence-corrected chi connectivity index (χ3v) is 5.75. The van der Waals surface area contributed by atoms with Gasteiger partial charge in [-0.15, -0.1) is 0 Å². The molecule has 0 aromatic heterocycles. The van der Waals surface area contributed by atoms with Crippen molar-refractivity contribution in [1.82, 2.24) is 9.80 Å². The molecule has 1 aromatic carbocycles. The highest BCUT2D eigenvalue weighted by molar-refractivity contribution is 5.88. The Morgan fingerprint density at radius 3 is 2.58 bits per heavy atom. The topological polar surface area (TPSA) is 40.6 Å². The Balaban J connectivity index is 1.51. The van der Waals surface area contributed by atoms with Gasteiger partial charge in [-0.1, -0.05) is 25.1 Å². The first-order valence-corrected chi connectivity index (χ1v) is 9.88. The smallest absolute Gasteiger partial charge is 0.245 e. The highest BCUT2D eigenvalue weighted by Gasteiger charge is 2.36. The van der Waals surface area contributed by atoms with Gasteiger partial charge in [-0.25, -0.2) is 4.39 Å². The fourth-order valence-corrected chi connectivity index (χ4v) is 4.04. The van der Waals surface area contributed by atoms with E-state index >= 15 is 0 Å². The summed E-state index contributed by atoms with van der Waals surface area (Å²) in [6.07, 6.45) is 5.29.